The molecule has 2 rings (SSSR count). The number of hydrogen-bond acceptors (Lipinski definition) is 5. The predicted octanol–water partition coefficient (Wildman–Crippen LogP) is 2.61. The fourth-order valence-electron chi connectivity index (χ4n) is 2.38. The highest BCUT2D eigenvalue weighted by Gasteiger charge is 2.15. The first kappa shape index (κ1) is 16.1. The van der Waals surface area contributed by atoms with Crippen LogP contribution >= 0.6 is 11.3 Å². The number of nitrogens with zero attached hydrogens (tertiary/aromatic N) is 4. The van der Waals surface area contributed by atoms with Gasteiger partial charge in [-0.05, 0) is 26.3 Å². The molecule has 0 fully saturated rings. The quantitative estimate of drug-likeness (QED) is 0.773. The molecule has 0 saturated heterocycles. The van der Waals surface area contributed by atoms with Crippen LogP contribution in [0.4, 0.5) is 0 Å². The number of thiazole rings is 1. The van der Waals surface area contributed by atoms with Crippen molar-refractivity contribution in [3.63, 3.8) is 0 Å². The molecule has 1 N–H and O–H groups in total. The van der Waals surface area contributed by atoms with Gasteiger partial charge in [-0.1, -0.05) is 13.8 Å². The summed E-state index contributed by atoms with van der Waals surface area (Å²) in [6.07, 6.45) is 5.72. The Labute approximate surface area is 130 Å². The SMILES string of the molecule is CCCNC(Cc1csc(C)n1)Cc1ncnn1CCC. The standard InChI is InChI=1S/C15H25N5S/c1-4-6-16-13(8-14-10-21-12(3)19-14)9-15-17-11-18-20(15)7-5-2/h10-11,13,16H,4-9H2,1-3H3. The Morgan fingerprint density at radius 3 is 2.81 bits per heavy atom. The van der Waals surface area contributed by atoms with E-state index in [0.717, 1.165) is 49.6 Å². The average Bonchev–Trinajstić information content (AvgIpc) is 3.06. The minimum Gasteiger partial charge on any atom is -0.313 e. The van der Waals surface area contributed by atoms with Gasteiger partial charge in [0.25, 0.3) is 0 Å². The first-order chi connectivity index (χ1) is 10.2. The van der Waals surface area contributed by atoms with Gasteiger partial charge in [-0.25, -0.2) is 9.97 Å². The zero-order chi connectivity index (χ0) is 15.1. The highest BCUT2D eigenvalue weighted by Crippen LogP contribution is 2.12. The molecule has 0 bridgehead atoms. The van der Waals surface area contributed by atoms with Gasteiger partial charge in [0.2, 0.25) is 0 Å². The lowest BCUT2D eigenvalue weighted by molar-refractivity contribution is 0.469. The fraction of sp³-hybridized carbons (Fsp3) is 0.667. The third-order valence-electron chi connectivity index (χ3n) is 3.37. The molecule has 2 aromatic rings. The van der Waals surface area contributed by atoms with Gasteiger partial charge in [-0.2, -0.15) is 5.10 Å². The van der Waals surface area contributed by atoms with E-state index in [4.69, 9.17) is 0 Å². The molecule has 2 aromatic heterocycles. The van der Waals surface area contributed by atoms with Crippen molar-refractivity contribution in [1.29, 1.82) is 0 Å². The van der Waals surface area contributed by atoms with Crippen molar-refractivity contribution in [2.75, 3.05) is 6.54 Å². The number of aromatic nitrogens is 4. The van der Waals surface area contributed by atoms with Gasteiger partial charge in [0.05, 0.1) is 10.7 Å². The van der Waals surface area contributed by atoms with Crippen molar-refractivity contribution in [3.8, 4) is 0 Å². The second-order valence-electron chi connectivity index (χ2n) is 5.32. The molecule has 0 aliphatic rings. The van der Waals surface area contributed by atoms with Crippen molar-refractivity contribution >= 4 is 11.3 Å². The number of rotatable bonds is 9. The second-order valence-corrected chi connectivity index (χ2v) is 6.38. The molecule has 0 aliphatic carbocycles. The third-order valence-corrected chi connectivity index (χ3v) is 4.19. The summed E-state index contributed by atoms with van der Waals surface area (Å²) in [5.41, 5.74) is 1.17. The molecule has 0 amide bonds. The molecule has 1 atom stereocenters. The summed E-state index contributed by atoms with van der Waals surface area (Å²) in [7, 11) is 0. The highest BCUT2D eigenvalue weighted by atomic mass is 32.1. The largest absolute Gasteiger partial charge is 0.313 e. The van der Waals surface area contributed by atoms with Crippen LogP contribution in [0, 0.1) is 6.92 Å². The Morgan fingerprint density at radius 1 is 1.29 bits per heavy atom. The van der Waals surface area contributed by atoms with E-state index in [1.165, 1.54) is 5.69 Å². The minimum atomic E-state index is 0.367. The Morgan fingerprint density at radius 2 is 2.14 bits per heavy atom. The lowest BCUT2D eigenvalue weighted by atomic mass is 10.1. The zero-order valence-corrected chi connectivity index (χ0v) is 14.0. The molecule has 0 saturated carbocycles. The van der Waals surface area contributed by atoms with Crippen LogP contribution in [0.5, 0.6) is 0 Å². The van der Waals surface area contributed by atoms with E-state index in [2.05, 4.69) is 46.5 Å². The first-order valence-corrected chi connectivity index (χ1v) is 8.62. The summed E-state index contributed by atoms with van der Waals surface area (Å²) in [4.78, 5) is 9.01. The lowest BCUT2D eigenvalue weighted by Gasteiger charge is -2.17. The topological polar surface area (TPSA) is 55.6 Å². The van der Waals surface area contributed by atoms with E-state index in [9.17, 15) is 0 Å². The van der Waals surface area contributed by atoms with Crippen LogP contribution in [0.15, 0.2) is 11.7 Å². The van der Waals surface area contributed by atoms with Crippen LogP contribution in [0.1, 0.15) is 43.2 Å². The van der Waals surface area contributed by atoms with E-state index >= 15 is 0 Å². The highest BCUT2D eigenvalue weighted by molar-refractivity contribution is 7.09. The van der Waals surface area contributed by atoms with E-state index in [0.29, 0.717) is 6.04 Å². The van der Waals surface area contributed by atoms with E-state index < -0.39 is 0 Å². The third kappa shape index (κ3) is 4.89. The maximum Gasteiger partial charge on any atom is 0.138 e. The molecule has 1 unspecified atom stereocenters. The van der Waals surface area contributed by atoms with Crippen molar-refractivity contribution in [2.45, 2.75) is 59.0 Å². The average molecular weight is 307 g/mol. The molecule has 116 valence electrons. The summed E-state index contributed by atoms with van der Waals surface area (Å²) in [6, 6.07) is 0.367. The van der Waals surface area contributed by atoms with Gasteiger partial charge < -0.3 is 5.32 Å². The Balaban J connectivity index is 2.02. The van der Waals surface area contributed by atoms with Crippen LogP contribution in [0.2, 0.25) is 0 Å². The summed E-state index contributed by atoms with van der Waals surface area (Å²) < 4.78 is 2.02. The van der Waals surface area contributed by atoms with Crippen LogP contribution in [-0.4, -0.2) is 32.3 Å². The van der Waals surface area contributed by atoms with E-state index in [-0.39, 0.29) is 0 Å². The van der Waals surface area contributed by atoms with Gasteiger partial charge in [0.1, 0.15) is 12.2 Å². The van der Waals surface area contributed by atoms with Crippen LogP contribution < -0.4 is 5.32 Å². The Hall–Kier alpha value is -1.27. The van der Waals surface area contributed by atoms with Crippen LogP contribution in [-0.2, 0) is 19.4 Å². The summed E-state index contributed by atoms with van der Waals surface area (Å²) >= 11 is 1.72. The Bertz CT molecular complexity index is 534. The fourth-order valence-corrected chi connectivity index (χ4v) is 3.01. The summed E-state index contributed by atoms with van der Waals surface area (Å²) in [5, 5.41) is 11.2. The normalized spacial score (nSPS) is 12.7. The van der Waals surface area contributed by atoms with Gasteiger partial charge in [0, 0.05) is 30.8 Å². The maximum absolute atomic E-state index is 4.58. The van der Waals surface area contributed by atoms with Crippen LogP contribution in [0.25, 0.3) is 0 Å². The number of hydrogen-bond donors (Lipinski definition) is 1. The number of nitrogens with one attached hydrogen (secondary N) is 1. The molecular formula is C15H25N5S. The molecule has 0 spiro atoms. The van der Waals surface area contributed by atoms with E-state index in [1.54, 1.807) is 17.7 Å². The molecule has 0 aromatic carbocycles. The predicted molar refractivity (Wildman–Crippen MR) is 86.7 cm³/mol. The maximum atomic E-state index is 4.58. The zero-order valence-electron chi connectivity index (χ0n) is 13.2. The summed E-state index contributed by atoms with van der Waals surface area (Å²) in [6.45, 7) is 8.37. The minimum absolute atomic E-state index is 0.367. The molecule has 0 aliphatic heterocycles. The smallest absolute Gasteiger partial charge is 0.138 e. The molecule has 0 radical (unpaired) electrons. The van der Waals surface area contributed by atoms with Crippen LogP contribution in [0.3, 0.4) is 0 Å². The molecular weight excluding hydrogens is 282 g/mol. The van der Waals surface area contributed by atoms with Gasteiger partial charge in [0.15, 0.2) is 0 Å². The molecule has 6 heteroatoms. The monoisotopic (exact) mass is 307 g/mol. The first-order valence-electron chi connectivity index (χ1n) is 7.74. The van der Waals surface area contributed by atoms with Gasteiger partial charge in [-0.15, -0.1) is 11.3 Å². The van der Waals surface area contributed by atoms with Crippen molar-refractivity contribution in [3.05, 3.63) is 28.2 Å². The Kier molecular flexibility index (Phi) is 6.32. The molecule has 2 heterocycles. The van der Waals surface area contributed by atoms with Crippen molar-refractivity contribution in [1.82, 2.24) is 25.1 Å². The number of aryl methyl sites for hydroxylation is 2. The van der Waals surface area contributed by atoms with Gasteiger partial charge in [-0.3, -0.25) is 4.68 Å². The lowest BCUT2D eigenvalue weighted by Crippen LogP contribution is -2.35. The van der Waals surface area contributed by atoms with E-state index in [1.807, 2.05) is 4.68 Å². The molecule has 5 nitrogen and oxygen atoms in total. The summed E-state index contributed by atoms with van der Waals surface area (Å²) in [5.74, 6) is 1.07. The van der Waals surface area contributed by atoms with Crippen molar-refractivity contribution in [2.24, 2.45) is 0 Å². The van der Waals surface area contributed by atoms with Gasteiger partial charge >= 0.3 is 0 Å². The second kappa shape index (κ2) is 8.24. The van der Waals surface area contributed by atoms with Crippen molar-refractivity contribution < 1.29 is 0 Å². The molecule has 21 heavy (non-hydrogen) atoms.